The minimum atomic E-state index is -0.355. The fraction of sp³-hybridized carbons (Fsp3) is 0.682. The van der Waals surface area contributed by atoms with Gasteiger partial charge in [0.05, 0.1) is 11.5 Å². The number of nitrogens with one attached hydrogen (secondary N) is 1. The van der Waals surface area contributed by atoms with Crippen molar-refractivity contribution < 1.29 is 14.5 Å². The number of piperidine rings is 2. The number of carbonyl (C=O) groups excluding carboxylic acids is 1. The Morgan fingerprint density at radius 1 is 1.20 bits per heavy atom. The quantitative estimate of drug-likeness (QED) is 0.398. The number of nitrogens with zero attached hydrogens (tertiary/aromatic N) is 3. The first-order valence-corrected chi connectivity index (χ1v) is 11.2. The normalized spacial score (nSPS) is 26.3. The average Bonchev–Trinajstić information content (AvgIpc) is 3.18. The van der Waals surface area contributed by atoms with Gasteiger partial charge in [-0.1, -0.05) is 13.3 Å². The molecule has 1 aromatic carbocycles. The van der Waals surface area contributed by atoms with Crippen molar-refractivity contribution in [3.05, 3.63) is 34.4 Å². The lowest BCUT2D eigenvalue weighted by atomic mass is 9.95. The van der Waals surface area contributed by atoms with Crippen LogP contribution in [0.3, 0.4) is 0 Å². The topological polar surface area (TPSA) is 88.0 Å². The van der Waals surface area contributed by atoms with E-state index in [2.05, 4.69) is 22.0 Å². The smallest absolute Gasteiger partial charge is 0.407 e. The molecule has 0 bridgehead atoms. The summed E-state index contributed by atoms with van der Waals surface area (Å²) in [6.45, 7) is 7.87. The van der Waals surface area contributed by atoms with Gasteiger partial charge in [-0.05, 0) is 49.1 Å². The van der Waals surface area contributed by atoms with Gasteiger partial charge in [0.25, 0.3) is 5.69 Å². The van der Waals surface area contributed by atoms with Crippen LogP contribution >= 0.6 is 0 Å². The predicted octanol–water partition coefficient (Wildman–Crippen LogP) is 3.27. The van der Waals surface area contributed by atoms with Gasteiger partial charge in [-0.15, -0.1) is 0 Å². The number of hydrogen-bond donors (Lipinski definition) is 1. The Hall–Kier alpha value is -2.35. The largest absolute Gasteiger partial charge is 0.450 e. The van der Waals surface area contributed by atoms with E-state index in [0.29, 0.717) is 30.4 Å². The molecular formula is C22H32N4O4. The number of non-ortho nitro benzene ring substituents is 1. The number of nitro groups is 1. The van der Waals surface area contributed by atoms with Gasteiger partial charge in [0.1, 0.15) is 0 Å². The zero-order valence-corrected chi connectivity index (χ0v) is 17.7. The number of anilines is 1. The number of carbonyl (C=O) groups is 1. The minimum Gasteiger partial charge on any atom is -0.450 e. The van der Waals surface area contributed by atoms with Gasteiger partial charge in [-0.25, -0.2) is 4.79 Å². The molecule has 1 unspecified atom stereocenters. The first-order valence-electron chi connectivity index (χ1n) is 11.2. The summed E-state index contributed by atoms with van der Waals surface area (Å²) < 4.78 is 5.21. The summed E-state index contributed by atoms with van der Waals surface area (Å²) >= 11 is 0. The zero-order valence-electron chi connectivity index (χ0n) is 17.7. The summed E-state index contributed by atoms with van der Waals surface area (Å²) in [4.78, 5) is 27.1. The van der Waals surface area contributed by atoms with Crippen LogP contribution in [0.5, 0.6) is 0 Å². The lowest BCUT2D eigenvalue weighted by Crippen LogP contribution is -2.40. The standard InChI is InChI=1S/C22H32N4O4/c1-2-3-12-30-22(27)23-21-19-14-24(15-20(19)21)13-16-8-10-25(11-9-16)17-4-6-18(7-5-17)26(28)29/h4-7,16,19-21H,2-3,8-15H2,1H3,(H,23,27)/t19-,20+,21?. The monoisotopic (exact) mass is 416 g/mol. The second kappa shape index (κ2) is 9.20. The van der Waals surface area contributed by atoms with E-state index >= 15 is 0 Å². The average molecular weight is 417 g/mol. The highest BCUT2D eigenvalue weighted by Crippen LogP contribution is 2.46. The third-order valence-electron chi connectivity index (χ3n) is 6.84. The molecule has 1 aliphatic carbocycles. The maximum absolute atomic E-state index is 11.8. The van der Waals surface area contributed by atoms with Crippen molar-refractivity contribution in [2.45, 2.75) is 38.6 Å². The number of unbranched alkanes of at least 4 members (excludes halogenated alkanes) is 1. The molecule has 1 aromatic rings. The Bertz CT molecular complexity index is 736. The van der Waals surface area contributed by atoms with Gasteiger partial charge in [-0.3, -0.25) is 10.1 Å². The first-order chi connectivity index (χ1) is 14.5. The second-order valence-corrected chi connectivity index (χ2v) is 8.91. The summed E-state index contributed by atoms with van der Waals surface area (Å²) in [7, 11) is 0. The number of ether oxygens (including phenoxy) is 1. The van der Waals surface area contributed by atoms with E-state index in [-0.39, 0.29) is 16.7 Å². The van der Waals surface area contributed by atoms with Crippen LogP contribution in [0, 0.1) is 27.9 Å². The van der Waals surface area contributed by atoms with Gasteiger partial charge in [-0.2, -0.15) is 0 Å². The molecule has 8 nitrogen and oxygen atoms in total. The lowest BCUT2D eigenvalue weighted by molar-refractivity contribution is -0.384. The van der Waals surface area contributed by atoms with Gasteiger partial charge in [0, 0.05) is 56.6 Å². The summed E-state index contributed by atoms with van der Waals surface area (Å²) in [5.41, 5.74) is 1.21. The molecule has 0 spiro atoms. The molecular weight excluding hydrogens is 384 g/mol. The number of rotatable bonds is 8. The molecule has 1 N–H and O–H groups in total. The van der Waals surface area contributed by atoms with E-state index in [1.807, 2.05) is 12.1 Å². The number of nitro benzene ring substituents is 1. The molecule has 0 aromatic heterocycles. The van der Waals surface area contributed by atoms with E-state index in [9.17, 15) is 14.9 Å². The van der Waals surface area contributed by atoms with E-state index in [4.69, 9.17) is 4.74 Å². The molecule has 1 amide bonds. The highest BCUT2D eigenvalue weighted by atomic mass is 16.6. The van der Waals surface area contributed by atoms with Crippen LogP contribution in [0.1, 0.15) is 32.6 Å². The van der Waals surface area contributed by atoms with Gasteiger partial charge < -0.3 is 19.9 Å². The van der Waals surface area contributed by atoms with Gasteiger partial charge in [0.15, 0.2) is 0 Å². The molecule has 164 valence electrons. The van der Waals surface area contributed by atoms with Crippen molar-refractivity contribution in [2.24, 2.45) is 17.8 Å². The molecule has 2 saturated heterocycles. The van der Waals surface area contributed by atoms with E-state index in [0.717, 1.165) is 64.1 Å². The van der Waals surface area contributed by atoms with Crippen molar-refractivity contribution >= 4 is 17.5 Å². The SMILES string of the molecule is CCCCOC(=O)NC1[C@H]2CN(CC3CCN(c4ccc([N+](=O)[O-])cc4)CC3)C[C@@H]12. The number of amides is 1. The third kappa shape index (κ3) is 4.86. The summed E-state index contributed by atoms with van der Waals surface area (Å²) in [5, 5.41) is 13.8. The fourth-order valence-electron chi connectivity index (χ4n) is 4.99. The first kappa shape index (κ1) is 20.9. The zero-order chi connectivity index (χ0) is 21.1. The molecule has 8 heteroatoms. The van der Waals surface area contributed by atoms with E-state index in [1.165, 1.54) is 0 Å². The summed E-state index contributed by atoms with van der Waals surface area (Å²) in [6.07, 6.45) is 3.99. The van der Waals surface area contributed by atoms with E-state index < -0.39 is 0 Å². The van der Waals surface area contributed by atoms with Crippen molar-refractivity contribution in [1.29, 1.82) is 0 Å². The van der Waals surface area contributed by atoms with Crippen LogP contribution in [0.15, 0.2) is 24.3 Å². The Labute approximate surface area is 177 Å². The molecule has 2 heterocycles. The highest BCUT2D eigenvalue weighted by molar-refractivity contribution is 5.68. The molecule has 0 radical (unpaired) electrons. The molecule has 30 heavy (non-hydrogen) atoms. The maximum atomic E-state index is 11.8. The molecule has 3 fully saturated rings. The molecule has 2 aliphatic heterocycles. The van der Waals surface area contributed by atoms with Crippen molar-refractivity contribution in [3.8, 4) is 0 Å². The Kier molecular flexibility index (Phi) is 6.41. The van der Waals surface area contributed by atoms with Crippen LogP contribution < -0.4 is 10.2 Å². The van der Waals surface area contributed by atoms with Crippen LogP contribution in [0.4, 0.5) is 16.2 Å². The molecule has 3 atom stereocenters. The molecule has 1 saturated carbocycles. The Balaban J connectivity index is 1.14. The fourth-order valence-corrected chi connectivity index (χ4v) is 4.99. The van der Waals surface area contributed by atoms with Gasteiger partial charge in [0.2, 0.25) is 0 Å². The molecule has 3 aliphatic rings. The number of likely N-dealkylation sites (tertiary alicyclic amines) is 1. The number of benzene rings is 1. The van der Waals surface area contributed by atoms with Crippen molar-refractivity contribution in [3.63, 3.8) is 0 Å². The second-order valence-electron chi connectivity index (χ2n) is 8.91. The lowest BCUT2D eigenvalue weighted by Gasteiger charge is -2.35. The minimum absolute atomic E-state index is 0.142. The third-order valence-corrected chi connectivity index (χ3v) is 6.84. The number of fused-ring (bicyclic) bond motifs is 1. The molecule has 4 rings (SSSR count). The summed E-state index contributed by atoms with van der Waals surface area (Å²) in [6, 6.07) is 7.18. The number of alkyl carbamates (subject to hydrolysis) is 1. The van der Waals surface area contributed by atoms with Crippen LogP contribution in [0.25, 0.3) is 0 Å². The van der Waals surface area contributed by atoms with Crippen molar-refractivity contribution in [2.75, 3.05) is 44.2 Å². The van der Waals surface area contributed by atoms with Crippen LogP contribution in [-0.4, -0.2) is 61.3 Å². The summed E-state index contributed by atoms with van der Waals surface area (Å²) in [5.74, 6) is 1.87. The Morgan fingerprint density at radius 2 is 1.87 bits per heavy atom. The van der Waals surface area contributed by atoms with Crippen molar-refractivity contribution in [1.82, 2.24) is 10.2 Å². The predicted molar refractivity (Wildman–Crippen MR) is 115 cm³/mol. The van der Waals surface area contributed by atoms with Crippen LogP contribution in [0.2, 0.25) is 0 Å². The highest BCUT2D eigenvalue weighted by Gasteiger charge is 2.56. The van der Waals surface area contributed by atoms with E-state index in [1.54, 1.807) is 12.1 Å². The van der Waals surface area contributed by atoms with Crippen LogP contribution in [-0.2, 0) is 4.74 Å². The maximum Gasteiger partial charge on any atom is 0.407 e. The number of hydrogen-bond acceptors (Lipinski definition) is 6. The Morgan fingerprint density at radius 3 is 2.47 bits per heavy atom. The van der Waals surface area contributed by atoms with Gasteiger partial charge >= 0.3 is 6.09 Å².